The molecule has 0 fully saturated rings. The number of hydrogen-bond acceptors (Lipinski definition) is 2. The van der Waals surface area contributed by atoms with Crippen LogP contribution in [0.5, 0.6) is 0 Å². The molecule has 2 N–H and O–H groups in total. The lowest BCUT2D eigenvalue weighted by atomic mass is 10.2. The van der Waals surface area contributed by atoms with Crippen LogP contribution in [0.25, 0.3) is 0 Å². The van der Waals surface area contributed by atoms with Gasteiger partial charge < -0.3 is 5.32 Å². The van der Waals surface area contributed by atoms with E-state index in [1.54, 1.807) is 24.3 Å². The maximum absolute atomic E-state index is 13.3. The molecule has 0 saturated carbocycles. The van der Waals surface area contributed by atoms with Gasteiger partial charge in [0.2, 0.25) is 0 Å². The molecule has 5 heteroatoms. The largest absolute Gasteiger partial charge is 0.324 e. The summed E-state index contributed by atoms with van der Waals surface area (Å²) in [4.78, 5) is 12.0. The fourth-order valence-electron chi connectivity index (χ4n) is 1.48. The Morgan fingerprint density at radius 3 is 2.32 bits per heavy atom. The monoisotopic (exact) mass is 274 g/mol. The molecule has 96 valence electrons. The van der Waals surface area contributed by atoms with Crippen molar-refractivity contribution in [2.24, 2.45) is 0 Å². The molecule has 0 atom stereocenters. The SMILES string of the molecule is O=C(NC(=S)c1ccccc1)Nc1ccccc1F. The molecule has 0 spiro atoms. The van der Waals surface area contributed by atoms with E-state index >= 15 is 0 Å². The number of para-hydroxylation sites is 1. The number of carbonyl (C=O) groups excluding carboxylic acids is 1. The summed E-state index contributed by atoms with van der Waals surface area (Å²) in [5, 5.41) is 4.88. The first kappa shape index (κ1) is 13.2. The van der Waals surface area contributed by atoms with Gasteiger partial charge in [-0.15, -0.1) is 0 Å². The van der Waals surface area contributed by atoms with Gasteiger partial charge in [0.15, 0.2) is 0 Å². The van der Waals surface area contributed by atoms with Gasteiger partial charge in [0.1, 0.15) is 10.8 Å². The zero-order valence-corrected chi connectivity index (χ0v) is 10.7. The number of hydrogen-bond donors (Lipinski definition) is 2. The predicted octanol–water partition coefficient (Wildman–Crippen LogP) is 3.32. The molecule has 0 bridgehead atoms. The van der Waals surface area contributed by atoms with Crippen molar-refractivity contribution in [3.63, 3.8) is 0 Å². The van der Waals surface area contributed by atoms with E-state index in [-0.39, 0.29) is 10.7 Å². The van der Waals surface area contributed by atoms with Crippen LogP contribution in [0.15, 0.2) is 54.6 Å². The van der Waals surface area contributed by atoms with E-state index in [4.69, 9.17) is 12.2 Å². The number of rotatable bonds is 2. The predicted molar refractivity (Wildman–Crippen MR) is 76.7 cm³/mol. The van der Waals surface area contributed by atoms with Crippen molar-refractivity contribution in [2.75, 3.05) is 5.32 Å². The highest BCUT2D eigenvalue weighted by Crippen LogP contribution is 2.12. The summed E-state index contributed by atoms with van der Waals surface area (Å²) < 4.78 is 13.3. The van der Waals surface area contributed by atoms with Gasteiger partial charge in [-0.2, -0.15) is 0 Å². The second-order valence-electron chi connectivity index (χ2n) is 3.75. The molecular weight excluding hydrogens is 263 g/mol. The average molecular weight is 274 g/mol. The smallest absolute Gasteiger partial charge is 0.305 e. The van der Waals surface area contributed by atoms with E-state index in [0.29, 0.717) is 0 Å². The van der Waals surface area contributed by atoms with E-state index in [1.807, 2.05) is 18.2 Å². The van der Waals surface area contributed by atoms with Gasteiger partial charge in [-0.1, -0.05) is 54.7 Å². The standard InChI is InChI=1S/C14H11FN2OS/c15-11-8-4-5-9-12(11)16-14(18)17-13(19)10-6-2-1-3-7-10/h1-9H,(H2,16,17,18,19). The molecule has 0 aromatic heterocycles. The molecule has 0 heterocycles. The van der Waals surface area contributed by atoms with Crippen molar-refractivity contribution >= 4 is 28.9 Å². The fourth-order valence-corrected chi connectivity index (χ4v) is 1.71. The zero-order valence-electron chi connectivity index (χ0n) is 9.89. The Morgan fingerprint density at radius 1 is 1.00 bits per heavy atom. The molecule has 2 aromatic rings. The third-order valence-electron chi connectivity index (χ3n) is 2.39. The molecule has 3 nitrogen and oxygen atoms in total. The molecule has 19 heavy (non-hydrogen) atoms. The van der Waals surface area contributed by atoms with E-state index in [0.717, 1.165) is 5.56 Å². The van der Waals surface area contributed by atoms with E-state index in [9.17, 15) is 9.18 Å². The van der Waals surface area contributed by atoms with Crippen LogP contribution in [-0.2, 0) is 0 Å². The van der Waals surface area contributed by atoms with Gasteiger partial charge in [0, 0.05) is 5.56 Å². The zero-order chi connectivity index (χ0) is 13.7. The fraction of sp³-hybridized carbons (Fsp3) is 0. The second kappa shape index (κ2) is 6.06. The molecular formula is C14H11FN2OS. The molecule has 0 aliphatic rings. The number of carbonyl (C=O) groups is 1. The third-order valence-corrected chi connectivity index (χ3v) is 2.72. The number of thiocarbonyl (C=S) groups is 1. The first-order chi connectivity index (χ1) is 9.16. The van der Waals surface area contributed by atoms with Crippen molar-refractivity contribution in [1.82, 2.24) is 5.32 Å². The lowest BCUT2D eigenvalue weighted by Gasteiger charge is -2.09. The normalized spacial score (nSPS) is 9.74. The van der Waals surface area contributed by atoms with Crippen molar-refractivity contribution in [2.45, 2.75) is 0 Å². The average Bonchev–Trinajstić information content (AvgIpc) is 2.42. The lowest BCUT2D eigenvalue weighted by Crippen LogP contribution is -2.33. The van der Waals surface area contributed by atoms with Gasteiger partial charge in [-0.05, 0) is 12.1 Å². The molecule has 0 radical (unpaired) electrons. The first-order valence-corrected chi connectivity index (χ1v) is 5.99. The molecule has 2 aromatic carbocycles. The molecule has 2 amide bonds. The topological polar surface area (TPSA) is 41.1 Å². The quantitative estimate of drug-likeness (QED) is 0.825. The Hall–Kier alpha value is -2.27. The Balaban J connectivity index is 1.99. The molecule has 0 aliphatic carbocycles. The number of urea groups is 1. The highest BCUT2D eigenvalue weighted by molar-refractivity contribution is 7.80. The van der Waals surface area contributed by atoms with Gasteiger partial charge in [0.05, 0.1) is 5.69 Å². The van der Waals surface area contributed by atoms with Crippen LogP contribution in [0.2, 0.25) is 0 Å². The van der Waals surface area contributed by atoms with E-state index in [2.05, 4.69) is 10.6 Å². The molecule has 2 rings (SSSR count). The van der Waals surface area contributed by atoms with Crippen LogP contribution in [0.4, 0.5) is 14.9 Å². The summed E-state index contributed by atoms with van der Waals surface area (Å²) in [6.07, 6.45) is 0. The van der Waals surface area contributed by atoms with Gasteiger partial charge in [-0.25, -0.2) is 9.18 Å². The highest BCUT2D eigenvalue weighted by Gasteiger charge is 2.08. The summed E-state index contributed by atoms with van der Waals surface area (Å²) in [6.45, 7) is 0. The second-order valence-corrected chi connectivity index (χ2v) is 4.16. The van der Waals surface area contributed by atoms with Crippen LogP contribution in [0.3, 0.4) is 0 Å². The van der Waals surface area contributed by atoms with Crippen molar-refractivity contribution in [3.05, 3.63) is 66.0 Å². The van der Waals surface area contributed by atoms with Crippen LogP contribution in [-0.4, -0.2) is 11.0 Å². The third kappa shape index (κ3) is 3.59. The van der Waals surface area contributed by atoms with Crippen LogP contribution < -0.4 is 10.6 Å². The highest BCUT2D eigenvalue weighted by atomic mass is 32.1. The van der Waals surface area contributed by atoms with Gasteiger partial charge in [-0.3, -0.25) is 5.32 Å². The number of benzene rings is 2. The first-order valence-electron chi connectivity index (χ1n) is 5.59. The maximum Gasteiger partial charge on any atom is 0.324 e. The Kier molecular flexibility index (Phi) is 4.20. The summed E-state index contributed by atoms with van der Waals surface area (Å²) in [5.41, 5.74) is 0.831. The Labute approximate surface area is 115 Å². The molecule has 0 saturated heterocycles. The van der Waals surface area contributed by atoms with Crippen molar-refractivity contribution in [1.29, 1.82) is 0 Å². The van der Waals surface area contributed by atoms with Gasteiger partial charge in [0.25, 0.3) is 0 Å². The summed E-state index contributed by atoms with van der Waals surface area (Å²) >= 11 is 5.08. The number of halogens is 1. The van der Waals surface area contributed by atoms with Crippen LogP contribution in [0, 0.1) is 5.82 Å². The van der Waals surface area contributed by atoms with Crippen molar-refractivity contribution in [3.8, 4) is 0 Å². The van der Waals surface area contributed by atoms with Crippen LogP contribution >= 0.6 is 12.2 Å². The molecule has 0 unspecified atom stereocenters. The van der Waals surface area contributed by atoms with E-state index < -0.39 is 11.8 Å². The summed E-state index contributed by atoms with van der Waals surface area (Å²) in [7, 11) is 0. The number of anilines is 1. The lowest BCUT2D eigenvalue weighted by molar-refractivity contribution is 0.256. The Bertz CT molecular complexity index is 601. The summed E-state index contributed by atoms with van der Waals surface area (Å²) in [5.74, 6) is -0.497. The van der Waals surface area contributed by atoms with E-state index in [1.165, 1.54) is 12.1 Å². The minimum absolute atomic E-state index is 0.107. The molecule has 0 aliphatic heterocycles. The maximum atomic E-state index is 13.3. The summed E-state index contributed by atoms with van der Waals surface area (Å²) in [6, 6.07) is 14.4. The van der Waals surface area contributed by atoms with Crippen LogP contribution in [0.1, 0.15) is 5.56 Å². The minimum Gasteiger partial charge on any atom is -0.305 e. The van der Waals surface area contributed by atoms with Gasteiger partial charge >= 0.3 is 6.03 Å². The minimum atomic E-state index is -0.570. The number of amides is 2. The van der Waals surface area contributed by atoms with Crippen molar-refractivity contribution < 1.29 is 9.18 Å². The number of nitrogens with one attached hydrogen (secondary N) is 2. The Morgan fingerprint density at radius 2 is 1.63 bits per heavy atom.